The van der Waals surface area contributed by atoms with Gasteiger partial charge in [-0.2, -0.15) is 0 Å². The van der Waals surface area contributed by atoms with Gasteiger partial charge in [0.15, 0.2) is 5.78 Å². The van der Waals surface area contributed by atoms with Crippen LogP contribution in [-0.4, -0.2) is 11.7 Å². The van der Waals surface area contributed by atoms with Gasteiger partial charge in [-0.3, -0.25) is 9.59 Å². The molecule has 126 valence electrons. The van der Waals surface area contributed by atoms with Crippen molar-refractivity contribution in [2.24, 2.45) is 0 Å². The van der Waals surface area contributed by atoms with Gasteiger partial charge < -0.3 is 5.32 Å². The summed E-state index contributed by atoms with van der Waals surface area (Å²) in [6, 6.07) is 20.8. The molecule has 0 saturated heterocycles. The molecule has 3 aromatic carbocycles. The molecule has 0 aliphatic rings. The van der Waals surface area contributed by atoms with E-state index < -0.39 is 0 Å². The molecule has 0 fully saturated rings. The Kier molecular flexibility index (Phi) is 5.46. The lowest BCUT2D eigenvalue weighted by atomic mass is 10.0. The van der Waals surface area contributed by atoms with Gasteiger partial charge in [0.2, 0.25) is 5.91 Å². The molecule has 0 radical (unpaired) electrons. The summed E-state index contributed by atoms with van der Waals surface area (Å²) in [6.07, 6.45) is 0.379. The van der Waals surface area contributed by atoms with Crippen LogP contribution in [0.4, 0.5) is 0 Å². The Bertz CT molecular complexity index is 903. The van der Waals surface area contributed by atoms with E-state index in [9.17, 15) is 9.59 Å². The number of carbonyl (C=O) groups excluding carboxylic acids is 2. The fourth-order valence-corrected chi connectivity index (χ4v) is 2.75. The Hall–Kier alpha value is -2.65. The monoisotopic (exact) mass is 351 g/mol. The van der Waals surface area contributed by atoms with Crippen LogP contribution in [0.3, 0.4) is 0 Å². The van der Waals surface area contributed by atoms with Gasteiger partial charge in [0.25, 0.3) is 0 Å². The fraction of sp³-hybridized carbons (Fsp3) is 0.143. The lowest BCUT2D eigenvalue weighted by Gasteiger charge is -2.06. The summed E-state index contributed by atoms with van der Waals surface area (Å²) in [5.41, 5.74) is 1.61. The quantitative estimate of drug-likeness (QED) is 0.650. The van der Waals surface area contributed by atoms with Crippen molar-refractivity contribution in [3.8, 4) is 0 Å². The van der Waals surface area contributed by atoms with E-state index in [4.69, 9.17) is 11.6 Å². The van der Waals surface area contributed by atoms with Gasteiger partial charge in [0.05, 0.1) is 0 Å². The number of hydrogen-bond acceptors (Lipinski definition) is 2. The van der Waals surface area contributed by atoms with Crippen molar-refractivity contribution in [3.63, 3.8) is 0 Å². The fourth-order valence-electron chi connectivity index (χ4n) is 2.63. The number of fused-ring (bicyclic) bond motifs is 1. The van der Waals surface area contributed by atoms with E-state index in [1.165, 1.54) is 0 Å². The molecule has 3 rings (SSSR count). The number of nitrogens with one attached hydrogen (secondary N) is 1. The Morgan fingerprint density at radius 2 is 1.56 bits per heavy atom. The average molecular weight is 352 g/mol. The highest BCUT2D eigenvalue weighted by molar-refractivity contribution is 6.30. The maximum Gasteiger partial charge on any atom is 0.220 e. The van der Waals surface area contributed by atoms with Crippen LogP contribution < -0.4 is 5.32 Å². The number of ketones is 1. The number of carbonyl (C=O) groups is 2. The molecular weight excluding hydrogens is 334 g/mol. The molecule has 0 unspecified atom stereocenters. The van der Waals surface area contributed by atoms with Crippen molar-refractivity contribution in [2.45, 2.75) is 19.4 Å². The molecule has 1 amide bonds. The summed E-state index contributed by atoms with van der Waals surface area (Å²) < 4.78 is 0. The second kappa shape index (κ2) is 7.95. The Balaban J connectivity index is 1.52. The molecule has 0 heterocycles. The lowest BCUT2D eigenvalue weighted by Crippen LogP contribution is -2.23. The first kappa shape index (κ1) is 17.2. The smallest absolute Gasteiger partial charge is 0.220 e. The van der Waals surface area contributed by atoms with E-state index >= 15 is 0 Å². The molecule has 0 bridgehead atoms. The molecule has 1 N–H and O–H groups in total. The summed E-state index contributed by atoms with van der Waals surface area (Å²) in [6.45, 7) is 0.431. The van der Waals surface area contributed by atoms with Crippen molar-refractivity contribution in [3.05, 3.63) is 82.9 Å². The molecule has 0 saturated carbocycles. The van der Waals surface area contributed by atoms with E-state index in [-0.39, 0.29) is 24.5 Å². The number of halogens is 1. The molecule has 3 aromatic rings. The highest BCUT2D eigenvalue weighted by atomic mass is 35.5. The van der Waals surface area contributed by atoms with Crippen LogP contribution in [-0.2, 0) is 11.3 Å². The molecule has 0 aliphatic heterocycles. The molecule has 0 spiro atoms. The van der Waals surface area contributed by atoms with Gasteiger partial charge in [-0.25, -0.2) is 0 Å². The van der Waals surface area contributed by atoms with Crippen LogP contribution in [0.25, 0.3) is 10.8 Å². The van der Waals surface area contributed by atoms with Crippen molar-refractivity contribution in [1.82, 2.24) is 5.32 Å². The van der Waals surface area contributed by atoms with Crippen molar-refractivity contribution in [1.29, 1.82) is 0 Å². The summed E-state index contributed by atoms with van der Waals surface area (Å²) in [4.78, 5) is 24.3. The first-order chi connectivity index (χ1) is 12.1. The highest BCUT2D eigenvalue weighted by Crippen LogP contribution is 2.17. The van der Waals surface area contributed by atoms with Crippen molar-refractivity contribution in [2.75, 3.05) is 0 Å². The maximum absolute atomic E-state index is 12.3. The lowest BCUT2D eigenvalue weighted by molar-refractivity contribution is -0.121. The standard InChI is InChI=1S/C21H18ClNO2/c22-19-9-5-15(6-10-19)14-23-21(25)12-11-20(24)18-8-7-16-3-1-2-4-17(16)13-18/h1-10,13H,11-12,14H2,(H,23,25). The molecule has 4 heteroatoms. The van der Waals surface area contributed by atoms with Gasteiger partial charge >= 0.3 is 0 Å². The minimum absolute atomic E-state index is 0.0209. The van der Waals surface area contributed by atoms with E-state index in [2.05, 4.69) is 5.32 Å². The van der Waals surface area contributed by atoms with Gasteiger partial charge in [0, 0.05) is 30.0 Å². The molecule has 0 aromatic heterocycles. The van der Waals surface area contributed by atoms with Gasteiger partial charge in [-0.15, -0.1) is 0 Å². The number of amides is 1. The first-order valence-corrected chi connectivity index (χ1v) is 8.53. The van der Waals surface area contributed by atoms with E-state index in [0.717, 1.165) is 16.3 Å². The predicted molar refractivity (Wildman–Crippen MR) is 101 cm³/mol. The predicted octanol–water partition coefficient (Wildman–Crippen LogP) is 4.77. The van der Waals surface area contributed by atoms with Crippen LogP contribution in [0.1, 0.15) is 28.8 Å². The number of hydrogen-bond donors (Lipinski definition) is 1. The van der Waals surface area contributed by atoms with Crippen molar-refractivity contribution < 1.29 is 9.59 Å². The SMILES string of the molecule is O=C(CCC(=O)c1ccc2ccccc2c1)NCc1ccc(Cl)cc1. The van der Waals surface area contributed by atoms with E-state index in [1.54, 1.807) is 12.1 Å². The minimum Gasteiger partial charge on any atom is -0.352 e. The minimum atomic E-state index is -0.135. The third-order valence-electron chi connectivity index (χ3n) is 4.05. The summed E-state index contributed by atoms with van der Waals surface area (Å²) in [7, 11) is 0. The normalized spacial score (nSPS) is 10.6. The second-order valence-corrected chi connectivity index (χ2v) is 6.32. The summed E-state index contributed by atoms with van der Waals surface area (Å²) in [5, 5.41) is 5.61. The van der Waals surface area contributed by atoms with Crippen molar-refractivity contribution >= 4 is 34.1 Å². The molecule has 3 nitrogen and oxygen atoms in total. The number of Topliss-reactive ketones (excluding diaryl/α,β-unsaturated/α-hetero) is 1. The van der Waals surface area contributed by atoms with Gasteiger partial charge in [-0.1, -0.05) is 60.1 Å². The first-order valence-electron chi connectivity index (χ1n) is 8.15. The van der Waals surface area contributed by atoms with Crippen LogP contribution in [0, 0.1) is 0 Å². The number of rotatable bonds is 6. The van der Waals surface area contributed by atoms with Crippen LogP contribution in [0.15, 0.2) is 66.7 Å². The molecule has 25 heavy (non-hydrogen) atoms. The van der Waals surface area contributed by atoms with Crippen LogP contribution in [0.5, 0.6) is 0 Å². The third kappa shape index (κ3) is 4.68. The zero-order chi connectivity index (χ0) is 17.6. The molecule has 0 aliphatic carbocycles. The van der Waals surface area contributed by atoms with E-state index in [0.29, 0.717) is 17.1 Å². The number of benzene rings is 3. The Morgan fingerprint density at radius 1 is 0.840 bits per heavy atom. The highest BCUT2D eigenvalue weighted by Gasteiger charge is 2.10. The average Bonchev–Trinajstić information content (AvgIpc) is 2.65. The zero-order valence-electron chi connectivity index (χ0n) is 13.7. The maximum atomic E-state index is 12.3. The Morgan fingerprint density at radius 3 is 2.32 bits per heavy atom. The molecular formula is C21H18ClNO2. The summed E-state index contributed by atoms with van der Waals surface area (Å²) >= 11 is 5.83. The zero-order valence-corrected chi connectivity index (χ0v) is 14.4. The molecule has 0 atom stereocenters. The van der Waals surface area contributed by atoms with Crippen LogP contribution in [0.2, 0.25) is 5.02 Å². The van der Waals surface area contributed by atoms with E-state index in [1.807, 2.05) is 54.6 Å². The topological polar surface area (TPSA) is 46.2 Å². The largest absolute Gasteiger partial charge is 0.352 e. The summed E-state index contributed by atoms with van der Waals surface area (Å²) in [5.74, 6) is -0.156. The second-order valence-electron chi connectivity index (χ2n) is 5.89. The van der Waals surface area contributed by atoms with Gasteiger partial charge in [-0.05, 0) is 34.5 Å². The van der Waals surface area contributed by atoms with Gasteiger partial charge in [0.1, 0.15) is 0 Å². The van der Waals surface area contributed by atoms with Crippen LogP contribution >= 0.6 is 11.6 Å². The third-order valence-corrected chi connectivity index (χ3v) is 4.31. The Labute approximate surface area is 151 Å².